The van der Waals surface area contributed by atoms with Crippen LogP contribution in [0.1, 0.15) is 13.8 Å². The van der Waals surface area contributed by atoms with Gasteiger partial charge in [-0.15, -0.1) is 0 Å². The SMILES string of the molecule is CC(C)C(=O)N[C@H]1COC[C@@H]1N(C)C. The number of hydrogen-bond donors (Lipinski definition) is 1. The van der Waals surface area contributed by atoms with Crippen LogP contribution in [0.4, 0.5) is 0 Å². The van der Waals surface area contributed by atoms with Crippen molar-refractivity contribution in [2.24, 2.45) is 5.92 Å². The highest BCUT2D eigenvalue weighted by molar-refractivity contribution is 5.78. The zero-order valence-electron chi connectivity index (χ0n) is 9.41. The van der Waals surface area contributed by atoms with Gasteiger partial charge < -0.3 is 15.0 Å². The average Bonchev–Trinajstić information content (AvgIpc) is 2.52. The van der Waals surface area contributed by atoms with E-state index in [1.807, 2.05) is 27.9 Å². The molecule has 0 saturated carbocycles. The molecule has 4 heteroatoms. The fourth-order valence-corrected chi connectivity index (χ4v) is 1.54. The van der Waals surface area contributed by atoms with Gasteiger partial charge in [0.2, 0.25) is 5.91 Å². The maximum atomic E-state index is 11.5. The molecule has 1 fully saturated rings. The molecule has 1 aliphatic heterocycles. The van der Waals surface area contributed by atoms with E-state index in [9.17, 15) is 4.79 Å². The molecule has 4 nitrogen and oxygen atoms in total. The summed E-state index contributed by atoms with van der Waals surface area (Å²) in [6.07, 6.45) is 0. The third-order valence-electron chi connectivity index (χ3n) is 2.57. The molecule has 0 bridgehead atoms. The first-order valence-electron chi connectivity index (χ1n) is 5.07. The molecule has 0 aliphatic carbocycles. The number of rotatable bonds is 3. The Labute approximate surface area is 85.6 Å². The second-order valence-corrected chi connectivity index (χ2v) is 4.34. The maximum Gasteiger partial charge on any atom is 0.222 e. The van der Waals surface area contributed by atoms with E-state index in [1.165, 1.54) is 0 Å². The Bertz CT molecular complexity index is 204. The molecule has 1 saturated heterocycles. The summed E-state index contributed by atoms with van der Waals surface area (Å²) < 4.78 is 5.36. The van der Waals surface area contributed by atoms with Crippen LogP contribution in [0.25, 0.3) is 0 Å². The summed E-state index contributed by atoms with van der Waals surface area (Å²) in [4.78, 5) is 13.6. The second kappa shape index (κ2) is 4.75. The van der Waals surface area contributed by atoms with Gasteiger partial charge in [0.05, 0.1) is 25.3 Å². The van der Waals surface area contributed by atoms with Gasteiger partial charge in [-0.25, -0.2) is 0 Å². The molecule has 1 aliphatic rings. The van der Waals surface area contributed by atoms with Gasteiger partial charge in [0.25, 0.3) is 0 Å². The molecule has 1 amide bonds. The van der Waals surface area contributed by atoms with Gasteiger partial charge in [0.1, 0.15) is 0 Å². The van der Waals surface area contributed by atoms with E-state index in [-0.39, 0.29) is 17.9 Å². The van der Waals surface area contributed by atoms with Gasteiger partial charge >= 0.3 is 0 Å². The molecule has 82 valence electrons. The summed E-state index contributed by atoms with van der Waals surface area (Å²) in [6, 6.07) is 0.442. The molecule has 0 unspecified atom stereocenters. The van der Waals surface area contributed by atoms with Crippen molar-refractivity contribution >= 4 is 5.91 Å². The van der Waals surface area contributed by atoms with Gasteiger partial charge in [-0.3, -0.25) is 4.79 Å². The normalized spacial score (nSPS) is 27.3. The Kier molecular flexibility index (Phi) is 3.89. The molecule has 2 atom stereocenters. The summed E-state index contributed by atoms with van der Waals surface area (Å²) in [6.45, 7) is 5.13. The molecule has 1 N–H and O–H groups in total. The molecule has 0 aromatic carbocycles. The van der Waals surface area contributed by atoms with Gasteiger partial charge in [-0.1, -0.05) is 13.8 Å². The van der Waals surface area contributed by atoms with Crippen LogP contribution in [0, 0.1) is 5.92 Å². The topological polar surface area (TPSA) is 41.6 Å². The van der Waals surface area contributed by atoms with Crippen LogP contribution in [-0.2, 0) is 9.53 Å². The second-order valence-electron chi connectivity index (χ2n) is 4.34. The standard InChI is InChI=1S/C10H20N2O2/c1-7(2)10(13)11-8-5-14-6-9(8)12(3)4/h7-9H,5-6H2,1-4H3,(H,11,13)/t8-,9-/m0/s1. The van der Waals surface area contributed by atoms with Crippen molar-refractivity contribution in [3.8, 4) is 0 Å². The molecule has 0 spiro atoms. The minimum absolute atomic E-state index is 0.0402. The van der Waals surface area contributed by atoms with Crippen molar-refractivity contribution in [2.45, 2.75) is 25.9 Å². The summed E-state index contributed by atoms with van der Waals surface area (Å²) >= 11 is 0. The van der Waals surface area contributed by atoms with Gasteiger partial charge in [-0.2, -0.15) is 0 Å². The molecule has 0 radical (unpaired) electrons. The Morgan fingerprint density at radius 2 is 2.07 bits per heavy atom. The summed E-state index contributed by atoms with van der Waals surface area (Å²) in [5.74, 6) is 0.144. The third-order valence-corrected chi connectivity index (χ3v) is 2.57. The number of nitrogens with zero attached hydrogens (tertiary/aromatic N) is 1. The quantitative estimate of drug-likeness (QED) is 0.702. The van der Waals surface area contributed by atoms with E-state index in [0.29, 0.717) is 19.3 Å². The number of carbonyl (C=O) groups is 1. The van der Waals surface area contributed by atoms with E-state index in [1.54, 1.807) is 0 Å². The molecule has 1 rings (SSSR count). The van der Waals surface area contributed by atoms with Crippen LogP contribution < -0.4 is 5.32 Å². The highest BCUT2D eigenvalue weighted by Gasteiger charge is 2.31. The van der Waals surface area contributed by atoms with E-state index >= 15 is 0 Å². The largest absolute Gasteiger partial charge is 0.378 e. The Morgan fingerprint density at radius 3 is 2.57 bits per heavy atom. The van der Waals surface area contributed by atoms with Gasteiger partial charge in [0.15, 0.2) is 0 Å². The van der Waals surface area contributed by atoms with Crippen molar-refractivity contribution in [1.82, 2.24) is 10.2 Å². The molecule has 14 heavy (non-hydrogen) atoms. The summed E-state index contributed by atoms with van der Waals surface area (Å²) in [5, 5.41) is 3.00. The predicted molar refractivity (Wildman–Crippen MR) is 55.1 cm³/mol. The van der Waals surface area contributed by atoms with E-state index in [2.05, 4.69) is 10.2 Å². The van der Waals surface area contributed by atoms with Crippen LogP contribution in [0.2, 0.25) is 0 Å². The first-order chi connectivity index (χ1) is 6.52. The maximum absolute atomic E-state index is 11.5. The molecular weight excluding hydrogens is 180 g/mol. The first kappa shape index (κ1) is 11.5. The number of nitrogens with one attached hydrogen (secondary N) is 1. The number of likely N-dealkylation sites (N-methyl/N-ethyl adjacent to an activating group) is 1. The van der Waals surface area contributed by atoms with Crippen molar-refractivity contribution in [1.29, 1.82) is 0 Å². The molecule has 0 aromatic heterocycles. The fourth-order valence-electron chi connectivity index (χ4n) is 1.54. The Morgan fingerprint density at radius 1 is 1.43 bits per heavy atom. The first-order valence-corrected chi connectivity index (χ1v) is 5.07. The van der Waals surface area contributed by atoms with Crippen LogP contribution in [0.5, 0.6) is 0 Å². The zero-order valence-corrected chi connectivity index (χ0v) is 9.41. The zero-order chi connectivity index (χ0) is 10.7. The predicted octanol–water partition coefficient (Wildman–Crippen LogP) is 0.0876. The number of ether oxygens (including phenoxy) is 1. The lowest BCUT2D eigenvalue weighted by molar-refractivity contribution is -0.125. The number of amides is 1. The van der Waals surface area contributed by atoms with Gasteiger partial charge in [-0.05, 0) is 14.1 Å². The number of carbonyl (C=O) groups excluding carboxylic acids is 1. The van der Waals surface area contributed by atoms with Crippen molar-refractivity contribution in [3.63, 3.8) is 0 Å². The minimum atomic E-state index is 0.0402. The monoisotopic (exact) mass is 200 g/mol. The molecule has 0 aromatic rings. The van der Waals surface area contributed by atoms with Crippen LogP contribution in [-0.4, -0.2) is 50.2 Å². The van der Waals surface area contributed by atoms with Crippen LogP contribution in [0.3, 0.4) is 0 Å². The summed E-state index contributed by atoms with van der Waals surface area (Å²) in [5.41, 5.74) is 0. The highest BCUT2D eigenvalue weighted by atomic mass is 16.5. The average molecular weight is 200 g/mol. The van der Waals surface area contributed by atoms with E-state index < -0.39 is 0 Å². The van der Waals surface area contributed by atoms with E-state index in [0.717, 1.165) is 0 Å². The highest BCUT2D eigenvalue weighted by Crippen LogP contribution is 2.11. The lowest BCUT2D eigenvalue weighted by Crippen LogP contribution is -2.49. The Hall–Kier alpha value is -0.610. The van der Waals surface area contributed by atoms with Crippen LogP contribution >= 0.6 is 0 Å². The van der Waals surface area contributed by atoms with Crippen LogP contribution in [0.15, 0.2) is 0 Å². The number of hydrogen-bond acceptors (Lipinski definition) is 3. The van der Waals surface area contributed by atoms with Gasteiger partial charge in [0, 0.05) is 5.92 Å². The van der Waals surface area contributed by atoms with E-state index in [4.69, 9.17) is 4.74 Å². The lowest BCUT2D eigenvalue weighted by atomic mass is 10.1. The Balaban J connectivity index is 2.47. The fraction of sp³-hybridized carbons (Fsp3) is 0.900. The minimum Gasteiger partial charge on any atom is -0.378 e. The molecule has 1 heterocycles. The smallest absolute Gasteiger partial charge is 0.222 e. The molecular formula is C10H20N2O2. The third kappa shape index (κ3) is 2.69. The van der Waals surface area contributed by atoms with Crippen molar-refractivity contribution in [2.75, 3.05) is 27.3 Å². The lowest BCUT2D eigenvalue weighted by Gasteiger charge is -2.25. The summed E-state index contributed by atoms with van der Waals surface area (Å²) in [7, 11) is 4.02. The van der Waals surface area contributed by atoms with Crippen molar-refractivity contribution in [3.05, 3.63) is 0 Å². The van der Waals surface area contributed by atoms with Crippen molar-refractivity contribution < 1.29 is 9.53 Å².